The van der Waals surface area contributed by atoms with E-state index in [-0.39, 0.29) is 0 Å². The molecule has 166 valence electrons. The highest BCUT2D eigenvalue weighted by molar-refractivity contribution is 6.70. The first-order valence-electron chi connectivity index (χ1n) is 12.4. The average Bonchev–Trinajstić information content (AvgIpc) is 2.89. The maximum absolute atomic E-state index is 6.76. The number of fused-ring (bicyclic) bond motifs is 5. The molecule has 0 heterocycles. The number of hydrogen-bond acceptors (Lipinski definition) is 2. The van der Waals surface area contributed by atoms with Gasteiger partial charge in [-0.3, -0.25) is 0 Å². The van der Waals surface area contributed by atoms with Crippen molar-refractivity contribution in [2.75, 3.05) is 0 Å². The van der Waals surface area contributed by atoms with Crippen LogP contribution in [0.15, 0.2) is 11.8 Å². The molecule has 0 bridgehead atoms. The lowest BCUT2D eigenvalue weighted by atomic mass is 9.46. The number of rotatable bonds is 4. The summed E-state index contributed by atoms with van der Waals surface area (Å²) in [6, 6.07) is 0. The van der Waals surface area contributed by atoms with Crippen molar-refractivity contribution in [3.63, 3.8) is 0 Å². The molecule has 0 amide bonds. The van der Waals surface area contributed by atoms with Gasteiger partial charge in [0.05, 0.1) is 11.9 Å². The normalized spacial score (nSPS) is 45.1. The van der Waals surface area contributed by atoms with Crippen molar-refractivity contribution < 1.29 is 8.85 Å². The maximum atomic E-state index is 6.76. The maximum Gasteiger partial charge on any atom is 0.241 e. The summed E-state index contributed by atoms with van der Waals surface area (Å²) >= 11 is 0. The van der Waals surface area contributed by atoms with Crippen molar-refractivity contribution in [1.29, 1.82) is 0 Å². The van der Waals surface area contributed by atoms with Gasteiger partial charge in [-0.1, -0.05) is 13.8 Å². The van der Waals surface area contributed by atoms with Crippen LogP contribution in [0.2, 0.25) is 39.3 Å². The molecule has 29 heavy (non-hydrogen) atoms. The van der Waals surface area contributed by atoms with Crippen molar-refractivity contribution >= 4 is 16.6 Å². The lowest BCUT2D eigenvalue weighted by molar-refractivity contribution is -0.108. The molecule has 0 aliphatic heterocycles. The molecular formula is C25H46O2Si2. The second-order valence-electron chi connectivity index (χ2n) is 13.3. The third kappa shape index (κ3) is 4.07. The van der Waals surface area contributed by atoms with Crippen LogP contribution in [-0.4, -0.2) is 22.7 Å². The van der Waals surface area contributed by atoms with Gasteiger partial charge in [0.1, 0.15) is 0 Å². The summed E-state index contributed by atoms with van der Waals surface area (Å²) in [5.41, 5.74) is 0.926. The Morgan fingerprint density at radius 1 is 0.828 bits per heavy atom. The van der Waals surface area contributed by atoms with E-state index in [1.54, 1.807) is 0 Å². The van der Waals surface area contributed by atoms with E-state index < -0.39 is 16.6 Å². The van der Waals surface area contributed by atoms with E-state index in [9.17, 15) is 0 Å². The standard InChI is InChI=1S/C25H46O2Si2/c1-24-15-13-19(26-28(3,4)5)17-18(24)9-10-20-21-11-12-23(27-29(6,7)8)25(21,2)16-14-22(20)24/h13,18,20-23H,9-12,14-17H2,1-8H3/t18-,20-,21-,22-,23-,24-,25-/m0/s1. The summed E-state index contributed by atoms with van der Waals surface area (Å²) in [6.07, 6.45) is 13.9. The lowest BCUT2D eigenvalue weighted by Crippen LogP contribution is -2.54. The SMILES string of the molecule is C[C@]12CC=C(O[Si](C)(C)C)C[C@@H]1CC[C@@H]1[C@@H]2CC[C@]2(C)[C@@H](O[Si](C)(C)C)CC[C@@H]12. The van der Waals surface area contributed by atoms with Gasteiger partial charge < -0.3 is 8.85 Å². The van der Waals surface area contributed by atoms with Crippen LogP contribution >= 0.6 is 0 Å². The predicted molar refractivity (Wildman–Crippen MR) is 128 cm³/mol. The zero-order valence-electron chi connectivity index (χ0n) is 20.4. The van der Waals surface area contributed by atoms with Crippen molar-refractivity contribution in [3.05, 3.63) is 11.8 Å². The third-order valence-electron chi connectivity index (χ3n) is 9.13. The zero-order valence-corrected chi connectivity index (χ0v) is 22.4. The molecule has 4 rings (SSSR count). The Hall–Kier alpha value is -0.0662. The molecule has 0 saturated heterocycles. The molecule has 0 unspecified atom stereocenters. The highest BCUT2D eigenvalue weighted by Crippen LogP contribution is 2.66. The predicted octanol–water partition coefficient (Wildman–Crippen LogP) is 7.59. The van der Waals surface area contributed by atoms with Crippen molar-refractivity contribution in [1.82, 2.24) is 0 Å². The Balaban J connectivity index is 1.53. The van der Waals surface area contributed by atoms with Crippen molar-refractivity contribution in [2.45, 2.75) is 111 Å². The van der Waals surface area contributed by atoms with Gasteiger partial charge in [0.2, 0.25) is 8.32 Å². The molecule has 4 heteroatoms. The molecular weight excluding hydrogens is 388 g/mol. The fourth-order valence-corrected chi connectivity index (χ4v) is 10.1. The molecule has 0 aromatic carbocycles. The Morgan fingerprint density at radius 3 is 2.17 bits per heavy atom. The fraction of sp³-hybridized carbons (Fsp3) is 0.920. The van der Waals surface area contributed by atoms with Crippen LogP contribution in [0, 0.1) is 34.5 Å². The van der Waals surface area contributed by atoms with Crippen molar-refractivity contribution in [3.8, 4) is 0 Å². The third-order valence-corrected chi connectivity index (χ3v) is 11.0. The molecule has 0 aromatic heterocycles. The van der Waals surface area contributed by atoms with Crippen LogP contribution in [0.5, 0.6) is 0 Å². The number of hydrogen-bond donors (Lipinski definition) is 0. The van der Waals surface area contributed by atoms with E-state index >= 15 is 0 Å². The zero-order chi connectivity index (χ0) is 21.2. The van der Waals surface area contributed by atoms with E-state index in [1.807, 2.05) is 0 Å². The Morgan fingerprint density at radius 2 is 1.52 bits per heavy atom. The molecule has 3 fully saturated rings. The Kier molecular flexibility index (Phi) is 5.52. The minimum absolute atomic E-state index is 0.432. The first kappa shape index (κ1) is 22.1. The van der Waals surface area contributed by atoms with Crippen LogP contribution in [0.3, 0.4) is 0 Å². The summed E-state index contributed by atoms with van der Waals surface area (Å²) in [5.74, 6) is 4.90. The Labute approximate surface area is 182 Å². The smallest absolute Gasteiger partial charge is 0.241 e. The minimum atomic E-state index is -1.49. The van der Waals surface area contributed by atoms with Gasteiger partial charge in [-0.05, 0) is 125 Å². The summed E-state index contributed by atoms with van der Waals surface area (Å²) < 4.78 is 13.2. The topological polar surface area (TPSA) is 18.5 Å². The average molecular weight is 435 g/mol. The second-order valence-corrected chi connectivity index (χ2v) is 22.2. The highest BCUT2D eigenvalue weighted by Gasteiger charge is 2.60. The van der Waals surface area contributed by atoms with Gasteiger partial charge in [0.15, 0.2) is 8.32 Å². The summed E-state index contributed by atoms with van der Waals surface area (Å²) in [4.78, 5) is 0. The van der Waals surface area contributed by atoms with Crippen LogP contribution in [0.1, 0.15) is 65.2 Å². The largest absolute Gasteiger partial charge is 0.548 e. The highest BCUT2D eigenvalue weighted by atomic mass is 28.4. The van der Waals surface area contributed by atoms with E-state index in [0.717, 1.165) is 23.7 Å². The second kappa shape index (κ2) is 7.23. The molecule has 2 nitrogen and oxygen atoms in total. The van der Waals surface area contributed by atoms with Crippen molar-refractivity contribution in [2.24, 2.45) is 34.5 Å². The van der Waals surface area contributed by atoms with E-state index in [4.69, 9.17) is 8.85 Å². The summed E-state index contributed by atoms with van der Waals surface area (Å²) in [5, 5.41) is 0. The van der Waals surface area contributed by atoms with Crippen LogP contribution in [0.4, 0.5) is 0 Å². The van der Waals surface area contributed by atoms with Gasteiger partial charge >= 0.3 is 0 Å². The molecule has 7 atom stereocenters. The van der Waals surface area contributed by atoms with Gasteiger partial charge in [0.25, 0.3) is 0 Å². The number of allylic oxidation sites excluding steroid dienone is 2. The van der Waals surface area contributed by atoms with Crippen LogP contribution in [-0.2, 0) is 8.85 Å². The van der Waals surface area contributed by atoms with E-state index in [1.165, 1.54) is 57.1 Å². The summed E-state index contributed by atoms with van der Waals surface area (Å²) in [6.45, 7) is 19.3. The lowest BCUT2D eigenvalue weighted by Gasteiger charge is -2.60. The monoisotopic (exact) mass is 434 g/mol. The fourth-order valence-electron chi connectivity index (χ4n) is 7.90. The van der Waals surface area contributed by atoms with Gasteiger partial charge in [-0.2, -0.15) is 0 Å². The van der Waals surface area contributed by atoms with Gasteiger partial charge in [-0.15, -0.1) is 0 Å². The molecule has 0 radical (unpaired) electrons. The first-order chi connectivity index (χ1) is 13.3. The molecule has 0 N–H and O–H groups in total. The van der Waals surface area contributed by atoms with Crippen LogP contribution in [0.25, 0.3) is 0 Å². The van der Waals surface area contributed by atoms with E-state index in [0.29, 0.717) is 16.9 Å². The quantitative estimate of drug-likeness (QED) is 0.424. The van der Waals surface area contributed by atoms with E-state index in [2.05, 4.69) is 59.2 Å². The minimum Gasteiger partial charge on any atom is -0.548 e. The molecule has 0 spiro atoms. The Bertz CT molecular complexity index is 661. The molecule has 0 aromatic rings. The molecule has 4 aliphatic carbocycles. The molecule has 3 saturated carbocycles. The first-order valence-corrected chi connectivity index (χ1v) is 19.2. The van der Waals surface area contributed by atoms with Crippen LogP contribution < -0.4 is 0 Å². The molecule has 4 aliphatic rings. The summed E-state index contributed by atoms with van der Waals surface area (Å²) in [7, 11) is -2.97. The van der Waals surface area contributed by atoms with Gasteiger partial charge in [-0.25, -0.2) is 0 Å². The van der Waals surface area contributed by atoms with Gasteiger partial charge in [0, 0.05) is 6.42 Å².